The zero-order valence-corrected chi connectivity index (χ0v) is 13.3. The summed E-state index contributed by atoms with van der Waals surface area (Å²) >= 11 is 6.13. The van der Waals surface area contributed by atoms with E-state index in [4.69, 9.17) is 16.3 Å². The van der Waals surface area contributed by atoms with Crippen LogP contribution < -0.4 is 5.32 Å². The molecule has 110 valence electrons. The minimum Gasteiger partial charge on any atom is -0.377 e. The maximum atomic E-state index is 6.13. The van der Waals surface area contributed by atoms with E-state index in [9.17, 15) is 0 Å². The standard InChI is InChI=1S/C17H24ClNO/c1-4-14(11-6-5-7-12(18)10-11)19-15-13-8-9-20-16(13)17(15,2)3/h5-7,10,13-16,19H,4,8-9H2,1-3H3. The lowest BCUT2D eigenvalue weighted by Gasteiger charge is -2.56. The fourth-order valence-electron chi connectivity index (χ4n) is 4.05. The van der Waals surface area contributed by atoms with Gasteiger partial charge in [-0.25, -0.2) is 0 Å². The van der Waals surface area contributed by atoms with Crippen molar-refractivity contribution in [3.05, 3.63) is 34.9 Å². The van der Waals surface area contributed by atoms with Gasteiger partial charge in [-0.2, -0.15) is 0 Å². The molecule has 0 amide bonds. The molecule has 1 N–H and O–H groups in total. The smallest absolute Gasteiger partial charge is 0.0685 e. The van der Waals surface area contributed by atoms with E-state index in [0.29, 0.717) is 24.1 Å². The van der Waals surface area contributed by atoms with Gasteiger partial charge in [0.2, 0.25) is 0 Å². The predicted octanol–water partition coefficient (Wildman–Crippen LogP) is 4.19. The number of halogens is 1. The Morgan fingerprint density at radius 3 is 2.95 bits per heavy atom. The van der Waals surface area contributed by atoms with Crippen molar-refractivity contribution in [2.75, 3.05) is 6.61 Å². The molecule has 3 rings (SSSR count). The van der Waals surface area contributed by atoms with Crippen LogP contribution in [-0.2, 0) is 4.74 Å². The van der Waals surface area contributed by atoms with E-state index >= 15 is 0 Å². The second-order valence-corrected chi connectivity index (χ2v) is 7.16. The summed E-state index contributed by atoms with van der Waals surface area (Å²) < 4.78 is 5.88. The van der Waals surface area contributed by atoms with Crippen molar-refractivity contribution >= 4 is 11.6 Å². The minimum atomic E-state index is 0.229. The number of hydrogen-bond acceptors (Lipinski definition) is 2. The molecule has 3 heteroatoms. The summed E-state index contributed by atoms with van der Waals surface area (Å²) in [6, 6.07) is 9.14. The average molecular weight is 294 g/mol. The first-order valence-electron chi connectivity index (χ1n) is 7.67. The zero-order valence-electron chi connectivity index (χ0n) is 12.5. The highest BCUT2D eigenvalue weighted by Crippen LogP contribution is 2.52. The van der Waals surface area contributed by atoms with Gasteiger partial charge in [-0.1, -0.05) is 44.5 Å². The Morgan fingerprint density at radius 1 is 1.45 bits per heavy atom. The summed E-state index contributed by atoms with van der Waals surface area (Å²) in [6.45, 7) is 7.79. The number of ether oxygens (including phenoxy) is 1. The van der Waals surface area contributed by atoms with Crippen LogP contribution in [-0.4, -0.2) is 18.8 Å². The highest BCUT2D eigenvalue weighted by molar-refractivity contribution is 6.30. The summed E-state index contributed by atoms with van der Waals surface area (Å²) in [7, 11) is 0. The van der Waals surface area contributed by atoms with Crippen molar-refractivity contribution in [2.45, 2.75) is 51.8 Å². The van der Waals surface area contributed by atoms with Crippen LogP contribution in [0.3, 0.4) is 0 Å². The van der Waals surface area contributed by atoms with Crippen molar-refractivity contribution in [1.29, 1.82) is 0 Å². The molecule has 1 saturated carbocycles. The topological polar surface area (TPSA) is 21.3 Å². The molecule has 4 unspecified atom stereocenters. The van der Waals surface area contributed by atoms with Gasteiger partial charge in [0, 0.05) is 35.0 Å². The number of rotatable bonds is 4. The first-order valence-corrected chi connectivity index (χ1v) is 8.05. The summed E-state index contributed by atoms with van der Waals surface area (Å²) in [6.07, 6.45) is 2.71. The molecule has 0 aromatic heterocycles. The number of benzene rings is 1. The fourth-order valence-corrected chi connectivity index (χ4v) is 4.25. The van der Waals surface area contributed by atoms with E-state index in [0.717, 1.165) is 18.1 Å². The monoisotopic (exact) mass is 293 g/mol. The maximum absolute atomic E-state index is 6.13. The third-order valence-electron chi connectivity index (χ3n) is 5.14. The first-order chi connectivity index (χ1) is 9.54. The lowest BCUT2D eigenvalue weighted by atomic mass is 9.57. The van der Waals surface area contributed by atoms with Crippen LogP contribution >= 0.6 is 11.6 Å². The van der Waals surface area contributed by atoms with E-state index in [1.54, 1.807) is 0 Å². The van der Waals surface area contributed by atoms with Gasteiger partial charge in [0.15, 0.2) is 0 Å². The van der Waals surface area contributed by atoms with E-state index in [1.165, 1.54) is 12.0 Å². The molecular weight excluding hydrogens is 270 g/mol. The van der Waals surface area contributed by atoms with Crippen molar-refractivity contribution in [3.63, 3.8) is 0 Å². The van der Waals surface area contributed by atoms with Crippen molar-refractivity contribution in [2.24, 2.45) is 11.3 Å². The molecule has 1 aliphatic carbocycles. The number of hydrogen-bond donors (Lipinski definition) is 1. The first kappa shape index (κ1) is 14.4. The second kappa shape index (κ2) is 5.32. The normalized spacial score (nSPS) is 32.5. The molecule has 0 radical (unpaired) electrons. The van der Waals surface area contributed by atoms with Crippen LogP contribution in [0.2, 0.25) is 5.02 Å². The summed E-state index contributed by atoms with van der Waals surface area (Å²) in [5.41, 5.74) is 1.52. The molecule has 0 spiro atoms. The molecule has 4 atom stereocenters. The third kappa shape index (κ3) is 2.28. The Bertz CT molecular complexity index is 488. The Labute approximate surface area is 126 Å². The fraction of sp³-hybridized carbons (Fsp3) is 0.647. The average Bonchev–Trinajstić information content (AvgIpc) is 2.86. The minimum absolute atomic E-state index is 0.229. The van der Waals surface area contributed by atoms with Crippen LogP contribution in [0.4, 0.5) is 0 Å². The molecule has 2 aliphatic rings. The molecule has 2 fully saturated rings. The van der Waals surface area contributed by atoms with E-state index in [-0.39, 0.29) is 5.41 Å². The van der Waals surface area contributed by atoms with Gasteiger partial charge in [-0.15, -0.1) is 0 Å². The Kier molecular flexibility index (Phi) is 3.83. The van der Waals surface area contributed by atoms with Gasteiger partial charge in [-0.05, 0) is 30.5 Å². The SMILES string of the molecule is CCC(NC1C2CCOC2C1(C)C)c1cccc(Cl)c1. The van der Waals surface area contributed by atoms with Crippen molar-refractivity contribution in [1.82, 2.24) is 5.32 Å². The zero-order chi connectivity index (χ0) is 14.3. The van der Waals surface area contributed by atoms with Gasteiger partial charge >= 0.3 is 0 Å². The quantitative estimate of drug-likeness (QED) is 0.898. The predicted molar refractivity (Wildman–Crippen MR) is 83.0 cm³/mol. The van der Waals surface area contributed by atoms with Crippen LogP contribution in [0, 0.1) is 11.3 Å². The number of fused-ring (bicyclic) bond motifs is 1. The van der Waals surface area contributed by atoms with Crippen LogP contribution in [0.15, 0.2) is 24.3 Å². The van der Waals surface area contributed by atoms with Crippen molar-refractivity contribution in [3.8, 4) is 0 Å². The van der Waals surface area contributed by atoms with Gasteiger partial charge in [-0.3, -0.25) is 0 Å². The Morgan fingerprint density at radius 2 is 2.25 bits per heavy atom. The lowest BCUT2D eigenvalue weighted by Crippen LogP contribution is -2.66. The molecule has 1 aromatic carbocycles. The molecule has 20 heavy (non-hydrogen) atoms. The largest absolute Gasteiger partial charge is 0.377 e. The maximum Gasteiger partial charge on any atom is 0.0685 e. The molecule has 1 aromatic rings. The molecule has 1 aliphatic heterocycles. The van der Waals surface area contributed by atoms with E-state index in [2.05, 4.69) is 38.2 Å². The summed E-state index contributed by atoms with van der Waals surface area (Å²) in [5.74, 6) is 0.679. The molecule has 0 bridgehead atoms. The van der Waals surface area contributed by atoms with Crippen LogP contribution in [0.1, 0.15) is 45.2 Å². The molecule has 1 heterocycles. The van der Waals surface area contributed by atoms with Gasteiger partial charge < -0.3 is 10.1 Å². The van der Waals surface area contributed by atoms with Crippen LogP contribution in [0.5, 0.6) is 0 Å². The highest BCUT2D eigenvalue weighted by Gasteiger charge is 2.59. The highest BCUT2D eigenvalue weighted by atomic mass is 35.5. The summed E-state index contributed by atoms with van der Waals surface area (Å²) in [5, 5.41) is 4.69. The van der Waals surface area contributed by atoms with Crippen LogP contribution in [0.25, 0.3) is 0 Å². The van der Waals surface area contributed by atoms with Gasteiger partial charge in [0.25, 0.3) is 0 Å². The Hall–Kier alpha value is -0.570. The van der Waals surface area contributed by atoms with E-state index < -0.39 is 0 Å². The lowest BCUT2D eigenvalue weighted by molar-refractivity contribution is -0.115. The van der Waals surface area contributed by atoms with Crippen molar-refractivity contribution < 1.29 is 4.74 Å². The summed E-state index contributed by atoms with van der Waals surface area (Å²) in [4.78, 5) is 0. The van der Waals surface area contributed by atoms with Gasteiger partial charge in [0.05, 0.1) is 6.10 Å². The van der Waals surface area contributed by atoms with Gasteiger partial charge in [0.1, 0.15) is 0 Å². The third-order valence-corrected chi connectivity index (χ3v) is 5.38. The Balaban J connectivity index is 1.75. The molecule has 1 saturated heterocycles. The number of nitrogens with one attached hydrogen (secondary N) is 1. The second-order valence-electron chi connectivity index (χ2n) is 6.73. The van der Waals surface area contributed by atoms with E-state index in [1.807, 2.05) is 12.1 Å². The molecule has 2 nitrogen and oxygen atoms in total. The molecular formula is C17H24ClNO.